The maximum Gasteiger partial charge on any atom is 0.344 e. The Balaban J connectivity index is 1.33. The number of para-hydroxylation sites is 1. The summed E-state index contributed by atoms with van der Waals surface area (Å²) in [6.07, 6.45) is 1.53. The van der Waals surface area contributed by atoms with Gasteiger partial charge < -0.3 is 9.15 Å². The standard InChI is InChI=1S/C33H19FN4O3/c34-23-10-6-9-22(17-23)26-27-29(24-11-4-5-12-25(24)40-33(27)39)41-32-28(26)31-36-30(37-38(31)18-35-32)21-15-13-20(14-16-21)19-7-2-1-3-8-19/h1-18,26H. The second-order valence-electron chi connectivity index (χ2n) is 9.83. The van der Waals surface area contributed by atoms with Crippen molar-refractivity contribution in [3.8, 4) is 34.1 Å². The van der Waals surface area contributed by atoms with Crippen LogP contribution < -0.4 is 10.4 Å². The second kappa shape index (κ2) is 8.96. The Morgan fingerprint density at radius 1 is 0.780 bits per heavy atom. The fourth-order valence-corrected chi connectivity index (χ4v) is 5.51. The molecule has 1 aliphatic heterocycles. The maximum atomic E-state index is 14.5. The third kappa shape index (κ3) is 3.72. The highest BCUT2D eigenvalue weighted by molar-refractivity contribution is 5.87. The number of benzene rings is 4. The van der Waals surface area contributed by atoms with Crippen LogP contribution in [0, 0.1) is 5.82 Å². The third-order valence-electron chi connectivity index (χ3n) is 7.39. The summed E-state index contributed by atoms with van der Waals surface area (Å²) in [6.45, 7) is 0. The van der Waals surface area contributed by atoms with Gasteiger partial charge >= 0.3 is 5.63 Å². The van der Waals surface area contributed by atoms with Crippen molar-refractivity contribution in [2.45, 2.75) is 5.92 Å². The largest absolute Gasteiger partial charge is 0.437 e. The fourth-order valence-electron chi connectivity index (χ4n) is 5.51. The van der Waals surface area contributed by atoms with E-state index < -0.39 is 17.4 Å². The van der Waals surface area contributed by atoms with Gasteiger partial charge in [-0.05, 0) is 41.0 Å². The molecule has 0 saturated heterocycles. The van der Waals surface area contributed by atoms with Gasteiger partial charge in [-0.1, -0.05) is 78.9 Å². The van der Waals surface area contributed by atoms with Crippen LogP contribution in [0.5, 0.6) is 11.6 Å². The highest BCUT2D eigenvalue weighted by Crippen LogP contribution is 2.48. The number of aromatic nitrogens is 4. The molecule has 1 unspecified atom stereocenters. The number of halogens is 1. The molecule has 8 rings (SSSR count). The Kier molecular flexibility index (Phi) is 5.08. The van der Waals surface area contributed by atoms with Crippen molar-refractivity contribution in [2.24, 2.45) is 0 Å². The van der Waals surface area contributed by atoms with Gasteiger partial charge in [0.25, 0.3) is 0 Å². The summed E-state index contributed by atoms with van der Waals surface area (Å²) in [7, 11) is 0. The van der Waals surface area contributed by atoms with Gasteiger partial charge in [0.1, 0.15) is 17.7 Å². The number of ether oxygens (including phenoxy) is 1. The minimum absolute atomic E-state index is 0.258. The quantitative estimate of drug-likeness (QED) is 0.226. The Labute approximate surface area is 232 Å². The van der Waals surface area contributed by atoms with E-state index in [1.165, 1.54) is 18.5 Å². The first kappa shape index (κ1) is 23.3. The van der Waals surface area contributed by atoms with E-state index >= 15 is 0 Å². The topological polar surface area (TPSA) is 82.5 Å². The van der Waals surface area contributed by atoms with Gasteiger partial charge in [-0.3, -0.25) is 0 Å². The lowest BCUT2D eigenvalue weighted by Crippen LogP contribution is -2.22. The average molecular weight is 539 g/mol. The number of rotatable bonds is 3. The molecule has 0 saturated carbocycles. The van der Waals surface area contributed by atoms with E-state index in [0.29, 0.717) is 39.3 Å². The van der Waals surface area contributed by atoms with E-state index in [0.717, 1.165) is 16.7 Å². The minimum atomic E-state index is -0.751. The maximum absolute atomic E-state index is 14.5. The van der Waals surface area contributed by atoms with Gasteiger partial charge in [-0.25, -0.2) is 23.7 Å². The molecule has 1 aliphatic rings. The lowest BCUT2D eigenvalue weighted by atomic mass is 9.84. The third-order valence-corrected chi connectivity index (χ3v) is 7.39. The van der Waals surface area contributed by atoms with Crippen LogP contribution in [0.3, 0.4) is 0 Å². The Morgan fingerprint density at radius 2 is 1.54 bits per heavy atom. The second-order valence-corrected chi connectivity index (χ2v) is 9.83. The highest BCUT2D eigenvalue weighted by Gasteiger charge is 2.37. The summed E-state index contributed by atoms with van der Waals surface area (Å²) in [4.78, 5) is 22.9. The number of fused-ring (bicyclic) bond motifs is 6. The van der Waals surface area contributed by atoms with Crippen LogP contribution in [0.1, 0.15) is 22.6 Å². The minimum Gasteiger partial charge on any atom is -0.437 e. The Bertz CT molecular complexity index is 2170. The van der Waals surface area contributed by atoms with Crippen molar-refractivity contribution < 1.29 is 13.5 Å². The lowest BCUT2D eigenvalue weighted by Gasteiger charge is -2.27. The van der Waals surface area contributed by atoms with Gasteiger partial charge in [0.05, 0.1) is 22.4 Å². The molecule has 7 nitrogen and oxygen atoms in total. The number of hydrogen-bond donors (Lipinski definition) is 0. The highest BCUT2D eigenvalue weighted by atomic mass is 19.1. The zero-order valence-corrected chi connectivity index (χ0v) is 21.4. The van der Waals surface area contributed by atoms with Crippen molar-refractivity contribution in [1.29, 1.82) is 0 Å². The molecule has 1 atom stereocenters. The summed E-state index contributed by atoms with van der Waals surface area (Å²) < 4.78 is 28.1. The van der Waals surface area contributed by atoms with Gasteiger partial charge in [0.15, 0.2) is 17.2 Å². The average Bonchev–Trinajstić information content (AvgIpc) is 3.45. The van der Waals surface area contributed by atoms with E-state index in [2.05, 4.69) is 22.2 Å². The van der Waals surface area contributed by atoms with Crippen LogP contribution in [0.4, 0.5) is 4.39 Å². The molecule has 0 amide bonds. The summed E-state index contributed by atoms with van der Waals surface area (Å²) in [6, 6.07) is 31.4. The Hall–Kier alpha value is -5.63. The van der Waals surface area contributed by atoms with E-state index in [9.17, 15) is 9.18 Å². The number of nitrogens with zero attached hydrogens (tertiary/aromatic N) is 4. The molecule has 4 heterocycles. The van der Waals surface area contributed by atoms with E-state index in [1.54, 1.807) is 28.8 Å². The molecule has 0 spiro atoms. The molecule has 196 valence electrons. The summed E-state index contributed by atoms with van der Waals surface area (Å²) >= 11 is 0. The fraction of sp³-hybridized carbons (Fsp3) is 0.0303. The van der Waals surface area contributed by atoms with Gasteiger partial charge in [0.2, 0.25) is 5.88 Å². The molecule has 0 bridgehead atoms. The molecule has 4 aromatic carbocycles. The van der Waals surface area contributed by atoms with Crippen LogP contribution in [-0.4, -0.2) is 19.6 Å². The van der Waals surface area contributed by atoms with Gasteiger partial charge in [0, 0.05) is 5.56 Å². The van der Waals surface area contributed by atoms with Crippen molar-refractivity contribution in [3.05, 3.63) is 142 Å². The summed E-state index contributed by atoms with van der Waals surface area (Å²) in [5.74, 6) is -0.0870. The zero-order valence-electron chi connectivity index (χ0n) is 21.4. The number of hydrogen-bond acceptors (Lipinski definition) is 6. The molecule has 0 N–H and O–H groups in total. The zero-order chi connectivity index (χ0) is 27.5. The normalized spacial score (nSPS) is 14.0. The Morgan fingerprint density at radius 3 is 2.37 bits per heavy atom. The van der Waals surface area contributed by atoms with Gasteiger partial charge in [-0.15, -0.1) is 5.10 Å². The van der Waals surface area contributed by atoms with E-state index in [-0.39, 0.29) is 11.4 Å². The van der Waals surface area contributed by atoms with Crippen molar-refractivity contribution in [2.75, 3.05) is 0 Å². The molecule has 0 radical (unpaired) electrons. The molecule has 0 aliphatic carbocycles. The van der Waals surface area contributed by atoms with Crippen LogP contribution in [0.2, 0.25) is 0 Å². The first-order valence-corrected chi connectivity index (χ1v) is 13.0. The van der Waals surface area contributed by atoms with Crippen LogP contribution in [-0.2, 0) is 0 Å². The lowest BCUT2D eigenvalue weighted by molar-refractivity contribution is 0.422. The molecule has 41 heavy (non-hydrogen) atoms. The summed E-state index contributed by atoms with van der Waals surface area (Å²) in [5.41, 5.74) is 4.58. The molecule has 3 aromatic heterocycles. The first-order chi connectivity index (χ1) is 20.1. The van der Waals surface area contributed by atoms with Crippen LogP contribution in [0.15, 0.2) is 119 Å². The van der Waals surface area contributed by atoms with Gasteiger partial charge in [-0.2, -0.15) is 0 Å². The first-order valence-electron chi connectivity index (χ1n) is 13.0. The van der Waals surface area contributed by atoms with E-state index in [4.69, 9.17) is 14.1 Å². The van der Waals surface area contributed by atoms with Crippen molar-refractivity contribution in [1.82, 2.24) is 19.6 Å². The predicted octanol–water partition coefficient (Wildman–Crippen LogP) is 6.99. The molecule has 0 fully saturated rings. The summed E-state index contributed by atoms with van der Waals surface area (Å²) in [5, 5.41) is 5.30. The van der Waals surface area contributed by atoms with E-state index in [1.807, 2.05) is 54.6 Å². The van der Waals surface area contributed by atoms with Crippen molar-refractivity contribution in [3.63, 3.8) is 0 Å². The molecule has 7 aromatic rings. The molecular weight excluding hydrogens is 519 g/mol. The monoisotopic (exact) mass is 538 g/mol. The molecular formula is C33H19FN4O3. The smallest absolute Gasteiger partial charge is 0.344 e. The SMILES string of the molecule is O=c1oc2ccccc2c2c1C(c1cccc(F)c1)c1c(ncn3nc(-c4ccc(-c5ccccc5)cc4)nc13)O2. The van der Waals surface area contributed by atoms with Crippen LogP contribution in [0.25, 0.3) is 39.1 Å². The predicted molar refractivity (Wildman–Crippen MR) is 152 cm³/mol. The van der Waals surface area contributed by atoms with Crippen molar-refractivity contribution >= 4 is 16.6 Å². The van der Waals surface area contributed by atoms with Crippen LogP contribution >= 0.6 is 0 Å². The molecule has 8 heteroatoms.